The molecule has 1 atom stereocenters. The Morgan fingerprint density at radius 2 is 2.31 bits per heavy atom. The van der Waals surface area contributed by atoms with Crippen LogP contribution in [0.4, 0.5) is 0 Å². The van der Waals surface area contributed by atoms with E-state index in [4.69, 9.17) is 14.4 Å². The van der Waals surface area contributed by atoms with Crippen molar-refractivity contribution >= 4 is 0 Å². The number of aliphatic hydroxyl groups is 1. The van der Waals surface area contributed by atoms with E-state index in [1.807, 2.05) is 0 Å². The maximum Gasteiger partial charge on any atom is 0.226 e. The molecule has 16 heavy (non-hydrogen) atoms. The van der Waals surface area contributed by atoms with Gasteiger partial charge in [0.25, 0.3) is 0 Å². The molecule has 90 valence electrons. The van der Waals surface area contributed by atoms with Crippen LogP contribution in [-0.4, -0.2) is 34.6 Å². The summed E-state index contributed by atoms with van der Waals surface area (Å²) in [6, 6.07) is 0. The normalized spacial score (nSPS) is 21.2. The average molecular weight is 226 g/mol. The quantitative estimate of drug-likeness (QED) is 0.814. The van der Waals surface area contributed by atoms with Gasteiger partial charge in [0, 0.05) is 26.1 Å². The number of hydrogen-bond acceptors (Lipinski definition) is 5. The average Bonchev–Trinajstić information content (AvgIpc) is 2.75. The molecule has 1 saturated heterocycles. The van der Waals surface area contributed by atoms with Gasteiger partial charge in [-0.1, -0.05) is 5.16 Å². The van der Waals surface area contributed by atoms with E-state index < -0.39 is 0 Å². The Kier molecular flexibility index (Phi) is 4.30. The molecule has 0 radical (unpaired) electrons. The van der Waals surface area contributed by atoms with E-state index in [1.165, 1.54) is 6.42 Å². The fourth-order valence-corrected chi connectivity index (χ4v) is 1.88. The number of aryl methyl sites for hydroxylation is 1. The second kappa shape index (κ2) is 5.96. The summed E-state index contributed by atoms with van der Waals surface area (Å²) in [5, 5.41) is 12.6. The first-order valence-electron chi connectivity index (χ1n) is 5.92. The minimum absolute atomic E-state index is 0.156. The molecule has 1 aromatic heterocycles. The van der Waals surface area contributed by atoms with Crippen molar-refractivity contribution in [2.45, 2.75) is 44.6 Å². The number of rotatable bonds is 5. The summed E-state index contributed by atoms with van der Waals surface area (Å²) in [4.78, 5) is 4.27. The zero-order valence-corrected chi connectivity index (χ0v) is 9.39. The summed E-state index contributed by atoms with van der Waals surface area (Å²) in [5.41, 5.74) is 0. The lowest BCUT2D eigenvalue weighted by Gasteiger charge is -2.20. The Morgan fingerprint density at radius 1 is 1.38 bits per heavy atom. The summed E-state index contributed by atoms with van der Waals surface area (Å²) in [7, 11) is 0. The van der Waals surface area contributed by atoms with E-state index in [1.54, 1.807) is 0 Å². The first-order chi connectivity index (χ1) is 7.88. The van der Waals surface area contributed by atoms with Crippen LogP contribution < -0.4 is 0 Å². The molecule has 5 nitrogen and oxygen atoms in total. The number of nitrogens with zero attached hydrogens (tertiary/aromatic N) is 2. The van der Waals surface area contributed by atoms with Crippen LogP contribution in [0.3, 0.4) is 0 Å². The Morgan fingerprint density at radius 3 is 3.06 bits per heavy atom. The molecular formula is C11H18N2O3. The highest BCUT2D eigenvalue weighted by molar-refractivity contribution is 4.89. The number of hydrogen-bond donors (Lipinski definition) is 1. The van der Waals surface area contributed by atoms with Crippen LogP contribution in [0.25, 0.3) is 0 Å². The molecule has 0 saturated carbocycles. The number of ether oxygens (including phenoxy) is 1. The Labute approximate surface area is 94.8 Å². The van der Waals surface area contributed by atoms with Gasteiger partial charge in [0.2, 0.25) is 5.89 Å². The molecule has 1 fully saturated rings. The van der Waals surface area contributed by atoms with E-state index in [2.05, 4.69) is 10.1 Å². The molecule has 1 aliphatic heterocycles. The highest BCUT2D eigenvalue weighted by atomic mass is 16.5. The third-order valence-electron chi connectivity index (χ3n) is 2.74. The molecule has 5 heteroatoms. The minimum atomic E-state index is 0.156. The number of aromatic nitrogens is 2. The van der Waals surface area contributed by atoms with Gasteiger partial charge in [0.15, 0.2) is 5.82 Å². The van der Waals surface area contributed by atoms with Gasteiger partial charge in [0.1, 0.15) is 0 Å². The summed E-state index contributed by atoms with van der Waals surface area (Å²) < 4.78 is 10.7. The van der Waals surface area contributed by atoms with Crippen LogP contribution in [0.2, 0.25) is 0 Å². The summed E-state index contributed by atoms with van der Waals surface area (Å²) >= 11 is 0. The fourth-order valence-electron chi connectivity index (χ4n) is 1.88. The van der Waals surface area contributed by atoms with Crippen molar-refractivity contribution in [2.75, 3.05) is 13.2 Å². The van der Waals surface area contributed by atoms with Crippen LogP contribution in [0.15, 0.2) is 4.52 Å². The zero-order chi connectivity index (χ0) is 11.2. The van der Waals surface area contributed by atoms with E-state index in [0.717, 1.165) is 31.7 Å². The van der Waals surface area contributed by atoms with E-state index in [9.17, 15) is 0 Å². The fraction of sp³-hybridized carbons (Fsp3) is 0.818. The maximum atomic E-state index is 8.69. The van der Waals surface area contributed by atoms with Crippen LogP contribution in [0.5, 0.6) is 0 Å². The molecule has 2 rings (SSSR count). The zero-order valence-electron chi connectivity index (χ0n) is 9.39. The second-order valence-corrected chi connectivity index (χ2v) is 4.12. The highest BCUT2D eigenvalue weighted by Crippen LogP contribution is 2.16. The standard InChI is InChI=1S/C11H18N2O3/c14-6-3-5-11-12-10(13-16-11)8-9-4-1-2-7-15-9/h9,14H,1-8H2. The van der Waals surface area contributed by atoms with Crippen molar-refractivity contribution in [3.63, 3.8) is 0 Å². The topological polar surface area (TPSA) is 68.4 Å². The molecule has 2 heterocycles. The van der Waals surface area contributed by atoms with Crippen molar-refractivity contribution in [1.82, 2.24) is 10.1 Å². The Balaban J connectivity index is 1.81. The molecule has 1 aliphatic rings. The van der Waals surface area contributed by atoms with Gasteiger partial charge in [0.05, 0.1) is 6.10 Å². The Hall–Kier alpha value is -0.940. The first kappa shape index (κ1) is 11.5. The highest BCUT2D eigenvalue weighted by Gasteiger charge is 2.17. The van der Waals surface area contributed by atoms with Gasteiger partial charge in [-0.3, -0.25) is 0 Å². The van der Waals surface area contributed by atoms with Gasteiger partial charge < -0.3 is 14.4 Å². The van der Waals surface area contributed by atoms with E-state index in [-0.39, 0.29) is 12.7 Å². The van der Waals surface area contributed by atoms with Crippen LogP contribution in [-0.2, 0) is 17.6 Å². The number of aliphatic hydroxyl groups excluding tert-OH is 1. The SMILES string of the molecule is OCCCc1nc(CC2CCCCO2)no1. The van der Waals surface area contributed by atoms with E-state index in [0.29, 0.717) is 18.7 Å². The lowest BCUT2D eigenvalue weighted by molar-refractivity contribution is 0.0153. The largest absolute Gasteiger partial charge is 0.396 e. The third kappa shape index (κ3) is 3.28. The first-order valence-corrected chi connectivity index (χ1v) is 5.92. The molecule has 1 unspecified atom stereocenters. The van der Waals surface area contributed by atoms with Crippen LogP contribution in [0, 0.1) is 0 Å². The van der Waals surface area contributed by atoms with Crippen molar-refractivity contribution in [3.05, 3.63) is 11.7 Å². The molecule has 0 bridgehead atoms. The monoisotopic (exact) mass is 226 g/mol. The molecule has 0 aromatic carbocycles. The van der Waals surface area contributed by atoms with Gasteiger partial charge in [-0.15, -0.1) is 0 Å². The van der Waals surface area contributed by atoms with Gasteiger partial charge in [-0.05, 0) is 25.7 Å². The molecule has 1 N–H and O–H groups in total. The van der Waals surface area contributed by atoms with Crippen molar-refractivity contribution < 1.29 is 14.4 Å². The molecule has 0 spiro atoms. The van der Waals surface area contributed by atoms with Crippen molar-refractivity contribution in [1.29, 1.82) is 0 Å². The van der Waals surface area contributed by atoms with Crippen molar-refractivity contribution in [2.24, 2.45) is 0 Å². The molecule has 1 aromatic rings. The van der Waals surface area contributed by atoms with Gasteiger partial charge in [-0.2, -0.15) is 4.98 Å². The smallest absolute Gasteiger partial charge is 0.226 e. The second-order valence-electron chi connectivity index (χ2n) is 4.12. The van der Waals surface area contributed by atoms with Gasteiger partial charge >= 0.3 is 0 Å². The third-order valence-corrected chi connectivity index (χ3v) is 2.74. The lowest BCUT2D eigenvalue weighted by atomic mass is 10.1. The predicted molar refractivity (Wildman–Crippen MR) is 57.0 cm³/mol. The lowest BCUT2D eigenvalue weighted by Crippen LogP contribution is -2.21. The van der Waals surface area contributed by atoms with Gasteiger partial charge in [-0.25, -0.2) is 0 Å². The Bertz CT molecular complexity index is 308. The van der Waals surface area contributed by atoms with Crippen LogP contribution >= 0.6 is 0 Å². The minimum Gasteiger partial charge on any atom is -0.396 e. The summed E-state index contributed by atoms with van der Waals surface area (Å²) in [5.74, 6) is 1.33. The predicted octanol–water partition coefficient (Wildman–Crippen LogP) is 1.11. The summed E-state index contributed by atoms with van der Waals surface area (Å²) in [6.07, 6.45) is 5.77. The molecule has 0 amide bonds. The van der Waals surface area contributed by atoms with Crippen LogP contribution in [0.1, 0.15) is 37.4 Å². The van der Waals surface area contributed by atoms with E-state index >= 15 is 0 Å². The molecular weight excluding hydrogens is 208 g/mol. The molecule has 0 aliphatic carbocycles. The van der Waals surface area contributed by atoms with Crippen molar-refractivity contribution in [3.8, 4) is 0 Å². The maximum absolute atomic E-state index is 8.69. The summed E-state index contributed by atoms with van der Waals surface area (Å²) in [6.45, 7) is 1.00.